The lowest BCUT2D eigenvalue weighted by Gasteiger charge is -2.17. The van der Waals surface area contributed by atoms with Crippen LogP contribution in [0.1, 0.15) is 12.8 Å². The molecule has 6 nitrogen and oxygen atoms in total. The minimum Gasteiger partial charge on any atom is -0.396 e. The summed E-state index contributed by atoms with van der Waals surface area (Å²) in [4.78, 5) is 2.15. The Morgan fingerprint density at radius 2 is 2.33 bits per heavy atom. The largest absolute Gasteiger partial charge is 0.396 e. The van der Waals surface area contributed by atoms with Crippen LogP contribution >= 0.6 is 11.5 Å². The number of anilines is 2. The molecular formula is C10H17N3O3S2. The summed E-state index contributed by atoms with van der Waals surface area (Å²) < 4.78 is 27.4. The standard InChI is InChI=1S/C10H17N3O3S2/c1-18(15,16)8-9(11)12-17-10(8)13-4-2-7(6-13)3-5-14/h7,14H,2-6H2,1H3,(H2,11,12). The molecule has 0 aliphatic carbocycles. The number of nitrogens with zero attached hydrogens (tertiary/aromatic N) is 2. The van der Waals surface area contributed by atoms with Gasteiger partial charge < -0.3 is 15.7 Å². The van der Waals surface area contributed by atoms with Crippen molar-refractivity contribution in [2.45, 2.75) is 17.7 Å². The average Bonchev–Trinajstić information content (AvgIpc) is 2.83. The van der Waals surface area contributed by atoms with Gasteiger partial charge in [-0.05, 0) is 30.3 Å². The van der Waals surface area contributed by atoms with Gasteiger partial charge in [-0.25, -0.2) is 8.42 Å². The Kier molecular flexibility index (Phi) is 3.79. The summed E-state index contributed by atoms with van der Waals surface area (Å²) in [5, 5.41) is 9.56. The van der Waals surface area contributed by atoms with Gasteiger partial charge in [-0.2, -0.15) is 4.37 Å². The zero-order valence-corrected chi connectivity index (χ0v) is 11.8. The maximum Gasteiger partial charge on any atom is 0.182 e. The number of nitrogen functional groups attached to an aromatic ring is 1. The molecule has 1 aliphatic heterocycles. The van der Waals surface area contributed by atoms with Crippen LogP contribution in [0.15, 0.2) is 4.90 Å². The van der Waals surface area contributed by atoms with Crippen LogP contribution in [0, 0.1) is 5.92 Å². The first-order valence-corrected chi connectivity index (χ1v) is 8.41. The molecule has 1 atom stereocenters. The SMILES string of the molecule is CS(=O)(=O)c1c(N)nsc1N1CCC(CCO)C1. The van der Waals surface area contributed by atoms with Crippen molar-refractivity contribution in [3.8, 4) is 0 Å². The third kappa shape index (κ3) is 2.60. The lowest BCUT2D eigenvalue weighted by atomic mass is 10.1. The van der Waals surface area contributed by atoms with Crippen molar-refractivity contribution < 1.29 is 13.5 Å². The predicted molar refractivity (Wildman–Crippen MR) is 71.7 cm³/mol. The molecule has 18 heavy (non-hydrogen) atoms. The van der Waals surface area contributed by atoms with Crippen molar-refractivity contribution in [2.24, 2.45) is 5.92 Å². The van der Waals surface area contributed by atoms with E-state index in [1.807, 2.05) is 4.90 Å². The van der Waals surface area contributed by atoms with Crippen LogP contribution in [0.25, 0.3) is 0 Å². The number of rotatable bonds is 4. The van der Waals surface area contributed by atoms with E-state index in [9.17, 15) is 8.42 Å². The second kappa shape index (κ2) is 5.02. The number of aromatic nitrogens is 1. The van der Waals surface area contributed by atoms with E-state index >= 15 is 0 Å². The highest BCUT2D eigenvalue weighted by molar-refractivity contribution is 7.91. The zero-order valence-electron chi connectivity index (χ0n) is 10.2. The van der Waals surface area contributed by atoms with Crippen molar-refractivity contribution in [2.75, 3.05) is 36.6 Å². The quantitative estimate of drug-likeness (QED) is 0.830. The van der Waals surface area contributed by atoms with Crippen LogP contribution in [0.5, 0.6) is 0 Å². The highest BCUT2D eigenvalue weighted by Crippen LogP contribution is 2.37. The molecule has 1 fully saturated rings. The highest BCUT2D eigenvalue weighted by Gasteiger charge is 2.30. The summed E-state index contributed by atoms with van der Waals surface area (Å²) >= 11 is 1.13. The van der Waals surface area contributed by atoms with E-state index in [0.29, 0.717) is 10.9 Å². The van der Waals surface area contributed by atoms with Crippen LogP contribution in [-0.2, 0) is 9.84 Å². The van der Waals surface area contributed by atoms with E-state index in [4.69, 9.17) is 10.8 Å². The first kappa shape index (κ1) is 13.6. The molecule has 0 bridgehead atoms. The van der Waals surface area contributed by atoms with Gasteiger partial charge in [0.2, 0.25) is 0 Å². The number of sulfone groups is 1. The fourth-order valence-corrected chi connectivity index (χ4v) is 4.51. The van der Waals surface area contributed by atoms with Crippen LogP contribution in [0.4, 0.5) is 10.8 Å². The molecule has 102 valence electrons. The Balaban J connectivity index is 2.26. The molecule has 1 unspecified atom stereocenters. The van der Waals surface area contributed by atoms with Crippen molar-refractivity contribution in [3.05, 3.63) is 0 Å². The molecule has 0 spiro atoms. The van der Waals surface area contributed by atoms with Crippen molar-refractivity contribution in [1.29, 1.82) is 0 Å². The van der Waals surface area contributed by atoms with Gasteiger partial charge >= 0.3 is 0 Å². The van der Waals surface area contributed by atoms with E-state index in [-0.39, 0.29) is 17.3 Å². The van der Waals surface area contributed by atoms with Gasteiger partial charge in [0.1, 0.15) is 9.90 Å². The van der Waals surface area contributed by atoms with E-state index in [1.165, 1.54) is 0 Å². The minimum absolute atomic E-state index is 0.0862. The van der Waals surface area contributed by atoms with Crippen LogP contribution < -0.4 is 10.6 Å². The monoisotopic (exact) mass is 291 g/mol. The molecule has 1 aromatic heterocycles. The van der Waals surface area contributed by atoms with Gasteiger partial charge in [0, 0.05) is 26.0 Å². The first-order chi connectivity index (χ1) is 8.43. The number of hydrogen-bond donors (Lipinski definition) is 2. The molecule has 0 saturated carbocycles. The third-order valence-corrected chi connectivity index (χ3v) is 5.34. The molecule has 0 radical (unpaired) electrons. The molecule has 0 amide bonds. The molecule has 1 aliphatic rings. The van der Waals surface area contributed by atoms with Crippen LogP contribution in [0.3, 0.4) is 0 Å². The van der Waals surface area contributed by atoms with Crippen LogP contribution in [-0.4, -0.2) is 43.9 Å². The molecule has 2 rings (SSSR count). The molecule has 8 heteroatoms. The molecule has 1 aromatic rings. The lowest BCUT2D eigenvalue weighted by Crippen LogP contribution is -2.21. The van der Waals surface area contributed by atoms with E-state index in [1.54, 1.807) is 0 Å². The Morgan fingerprint density at radius 3 is 2.94 bits per heavy atom. The van der Waals surface area contributed by atoms with Gasteiger partial charge in [0.05, 0.1) is 0 Å². The van der Waals surface area contributed by atoms with E-state index in [0.717, 1.165) is 43.7 Å². The zero-order chi connectivity index (χ0) is 13.3. The molecule has 1 saturated heterocycles. The first-order valence-electron chi connectivity index (χ1n) is 5.74. The smallest absolute Gasteiger partial charge is 0.182 e. The minimum atomic E-state index is -3.36. The summed E-state index contributed by atoms with van der Waals surface area (Å²) in [6.07, 6.45) is 2.86. The van der Waals surface area contributed by atoms with Gasteiger partial charge in [-0.3, -0.25) is 0 Å². The Labute approximate surface area is 111 Å². The van der Waals surface area contributed by atoms with Crippen molar-refractivity contribution in [1.82, 2.24) is 4.37 Å². The topological polar surface area (TPSA) is 96.5 Å². The van der Waals surface area contributed by atoms with Gasteiger partial charge in [-0.15, -0.1) is 0 Å². The highest BCUT2D eigenvalue weighted by atomic mass is 32.2. The summed E-state index contributed by atoms with van der Waals surface area (Å²) in [7, 11) is -3.36. The van der Waals surface area contributed by atoms with Gasteiger partial charge in [0.25, 0.3) is 0 Å². The maximum absolute atomic E-state index is 11.7. The summed E-state index contributed by atoms with van der Waals surface area (Å²) in [5.41, 5.74) is 5.64. The normalized spacial score (nSPS) is 20.6. The number of aliphatic hydroxyl groups is 1. The Hall–Kier alpha value is -0.860. The maximum atomic E-state index is 11.7. The Bertz CT molecular complexity index is 526. The van der Waals surface area contributed by atoms with Crippen molar-refractivity contribution >= 4 is 32.2 Å². The fraction of sp³-hybridized carbons (Fsp3) is 0.700. The summed E-state index contributed by atoms with van der Waals surface area (Å²) in [5.74, 6) is 0.494. The molecular weight excluding hydrogens is 274 g/mol. The predicted octanol–water partition coefficient (Wildman–Crippen LogP) is 0.337. The third-order valence-electron chi connectivity index (χ3n) is 3.14. The van der Waals surface area contributed by atoms with Crippen LogP contribution in [0.2, 0.25) is 0 Å². The number of nitrogens with two attached hydrogens (primary N) is 1. The van der Waals surface area contributed by atoms with Gasteiger partial charge in [0.15, 0.2) is 15.7 Å². The van der Waals surface area contributed by atoms with Gasteiger partial charge in [-0.1, -0.05) is 0 Å². The lowest BCUT2D eigenvalue weighted by molar-refractivity contribution is 0.263. The van der Waals surface area contributed by atoms with Crippen molar-refractivity contribution in [3.63, 3.8) is 0 Å². The second-order valence-corrected chi connectivity index (χ2v) is 7.29. The molecule has 0 aromatic carbocycles. The van der Waals surface area contributed by atoms with E-state index < -0.39 is 9.84 Å². The fourth-order valence-electron chi connectivity index (χ4n) is 2.27. The second-order valence-electron chi connectivity index (χ2n) is 4.59. The molecule has 2 heterocycles. The summed E-state index contributed by atoms with van der Waals surface area (Å²) in [6.45, 7) is 1.71. The number of hydrogen-bond acceptors (Lipinski definition) is 7. The Morgan fingerprint density at radius 1 is 1.61 bits per heavy atom. The van der Waals surface area contributed by atoms with E-state index in [2.05, 4.69) is 4.37 Å². The number of aliphatic hydroxyl groups excluding tert-OH is 1. The average molecular weight is 291 g/mol. The summed E-state index contributed by atoms with van der Waals surface area (Å²) in [6, 6.07) is 0. The molecule has 3 N–H and O–H groups in total.